The van der Waals surface area contributed by atoms with E-state index in [-0.39, 0.29) is 25.6 Å². The van der Waals surface area contributed by atoms with Gasteiger partial charge < -0.3 is 20.1 Å². The van der Waals surface area contributed by atoms with Crippen LogP contribution < -0.4 is 5.32 Å². The van der Waals surface area contributed by atoms with E-state index < -0.39 is 23.8 Å². The smallest absolute Gasteiger partial charge is 0.326 e. The fourth-order valence-corrected chi connectivity index (χ4v) is 2.87. The number of carbonyl (C=O) groups excluding carboxylic acids is 2. The van der Waals surface area contributed by atoms with Crippen LogP contribution in [0.25, 0.3) is 0 Å². The fourth-order valence-electron chi connectivity index (χ4n) is 2.47. The van der Waals surface area contributed by atoms with Crippen LogP contribution in [0.2, 0.25) is 0 Å². The Labute approximate surface area is 141 Å². The van der Waals surface area contributed by atoms with E-state index in [1.54, 1.807) is 24.3 Å². The third-order valence-corrected chi connectivity index (χ3v) is 4.18. The second-order valence-electron chi connectivity index (χ2n) is 5.19. The standard InChI is InChI=1S/C15H17BrN2O5/c1-23-11-6-12(15(21)22)18(8-11)13(19)7-17-14(20)9-3-2-4-10(16)5-9/h2-5,11-12H,6-8H2,1H3,(H,17,20)(H,21,22). The topological polar surface area (TPSA) is 95.9 Å². The number of carbonyl (C=O) groups is 3. The number of nitrogens with one attached hydrogen (secondary N) is 1. The molecule has 1 aromatic rings. The molecule has 2 atom stereocenters. The zero-order valence-electron chi connectivity index (χ0n) is 12.5. The molecule has 1 aliphatic heterocycles. The first kappa shape index (κ1) is 17.4. The van der Waals surface area contributed by atoms with Gasteiger partial charge in [0.25, 0.3) is 5.91 Å². The number of nitrogens with zero attached hydrogens (tertiary/aromatic N) is 1. The molecule has 2 rings (SSSR count). The van der Waals surface area contributed by atoms with Gasteiger partial charge in [-0.25, -0.2) is 4.79 Å². The average molecular weight is 385 g/mol. The van der Waals surface area contributed by atoms with Gasteiger partial charge in [0.1, 0.15) is 6.04 Å². The normalized spacial score (nSPS) is 20.3. The third-order valence-electron chi connectivity index (χ3n) is 3.69. The minimum Gasteiger partial charge on any atom is -0.480 e. The van der Waals surface area contributed by atoms with E-state index in [1.165, 1.54) is 12.0 Å². The Balaban J connectivity index is 1.96. The Kier molecular flexibility index (Phi) is 5.73. The quantitative estimate of drug-likeness (QED) is 0.785. The summed E-state index contributed by atoms with van der Waals surface area (Å²) in [6.45, 7) is -0.0510. The number of rotatable bonds is 5. The Morgan fingerprint density at radius 1 is 1.43 bits per heavy atom. The fraction of sp³-hybridized carbons (Fsp3) is 0.400. The SMILES string of the molecule is COC1CC(C(=O)O)N(C(=O)CNC(=O)c2cccc(Br)c2)C1. The summed E-state index contributed by atoms with van der Waals surface area (Å²) in [5.41, 5.74) is 0.415. The number of carboxylic acids is 1. The number of benzene rings is 1. The monoisotopic (exact) mass is 384 g/mol. The van der Waals surface area contributed by atoms with Crippen LogP contribution in [0.3, 0.4) is 0 Å². The number of carboxylic acid groups (broad SMARTS) is 1. The van der Waals surface area contributed by atoms with Crippen molar-refractivity contribution in [1.29, 1.82) is 0 Å². The summed E-state index contributed by atoms with van der Waals surface area (Å²) in [5, 5.41) is 11.7. The summed E-state index contributed by atoms with van der Waals surface area (Å²) in [6, 6.07) is 5.84. The van der Waals surface area contributed by atoms with E-state index >= 15 is 0 Å². The van der Waals surface area contributed by atoms with Gasteiger partial charge in [-0.3, -0.25) is 9.59 Å². The Hall–Kier alpha value is -1.93. The van der Waals surface area contributed by atoms with E-state index in [4.69, 9.17) is 4.74 Å². The summed E-state index contributed by atoms with van der Waals surface area (Å²) >= 11 is 3.27. The van der Waals surface area contributed by atoms with Gasteiger partial charge in [-0.1, -0.05) is 22.0 Å². The van der Waals surface area contributed by atoms with E-state index in [0.717, 1.165) is 4.47 Å². The molecule has 0 spiro atoms. The number of aliphatic carboxylic acids is 1. The zero-order valence-corrected chi connectivity index (χ0v) is 14.1. The van der Waals surface area contributed by atoms with Gasteiger partial charge in [0.2, 0.25) is 5.91 Å². The molecular weight excluding hydrogens is 368 g/mol. The molecule has 0 saturated carbocycles. The van der Waals surface area contributed by atoms with Gasteiger partial charge in [0.05, 0.1) is 12.6 Å². The van der Waals surface area contributed by atoms with Crippen LogP contribution in [0.4, 0.5) is 0 Å². The highest BCUT2D eigenvalue weighted by atomic mass is 79.9. The van der Waals surface area contributed by atoms with Crippen molar-refractivity contribution in [1.82, 2.24) is 10.2 Å². The van der Waals surface area contributed by atoms with Crippen molar-refractivity contribution in [3.05, 3.63) is 34.3 Å². The number of halogens is 1. The molecule has 1 heterocycles. The Morgan fingerprint density at radius 3 is 2.78 bits per heavy atom. The summed E-state index contributed by atoms with van der Waals surface area (Å²) in [7, 11) is 1.48. The van der Waals surface area contributed by atoms with E-state index in [1.807, 2.05) is 0 Å². The van der Waals surface area contributed by atoms with Crippen molar-refractivity contribution in [3.8, 4) is 0 Å². The molecule has 124 valence electrons. The Bertz CT molecular complexity index is 622. The number of ether oxygens (including phenoxy) is 1. The first-order valence-electron chi connectivity index (χ1n) is 7.01. The van der Waals surface area contributed by atoms with Crippen LogP contribution in [-0.4, -0.2) is 60.1 Å². The van der Waals surface area contributed by atoms with E-state index in [9.17, 15) is 19.5 Å². The number of amides is 2. The van der Waals surface area contributed by atoms with Gasteiger partial charge in [0.15, 0.2) is 0 Å². The highest BCUT2D eigenvalue weighted by Crippen LogP contribution is 2.20. The first-order chi connectivity index (χ1) is 10.9. The van der Waals surface area contributed by atoms with Crippen LogP contribution >= 0.6 is 15.9 Å². The summed E-state index contributed by atoms with van der Waals surface area (Å²) < 4.78 is 5.88. The third kappa shape index (κ3) is 4.29. The number of hydrogen-bond acceptors (Lipinski definition) is 4. The molecule has 1 aliphatic rings. The number of likely N-dealkylation sites (tertiary alicyclic amines) is 1. The lowest BCUT2D eigenvalue weighted by Gasteiger charge is -2.21. The molecule has 0 radical (unpaired) electrons. The molecule has 2 amide bonds. The molecule has 2 unspecified atom stereocenters. The highest BCUT2D eigenvalue weighted by Gasteiger charge is 2.39. The second kappa shape index (κ2) is 7.56. The van der Waals surface area contributed by atoms with Crippen molar-refractivity contribution in [2.24, 2.45) is 0 Å². The molecule has 7 nitrogen and oxygen atoms in total. The van der Waals surface area contributed by atoms with Crippen molar-refractivity contribution in [2.75, 3.05) is 20.2 Å². The van der Waals surface area contributed by atoms with Crippen molar-refractivity contribution < 1.29 is 24.2 Å². The first-order valence-corrected chi connectivity index (χ1v) is 7.80. The second-order valence-corrected chi connectivity index (χ2v) is 6.10. The van der Waals surface area contributed by atoms with Gasteiger partial charge in [-0.2, -0.15) is 0 Å². The average Bonchev–Trinajstić information content (AvgIpc) is 2.97. The molecular formula is C15H17BrN2O5. The van der Waals surface area contributed by atoms with Crippen molar-refractivity contribution >= 4 is 33.7 Å². The zero-order chi connectivity index (χ0) is 17.0. The molecule has 0 aromatic heterocycles. The van der Waals surface area contributed by atoms with Crippen molar-refractivity contribution in [3.63, 3.8) is 0 Å². The molecule has 2 N–H and O–H groups in total. The highest BCUT2D eigenvalue weighted by molar-refractivity contribution is 9.10. The lowest BCUT2D eigenvalue weighted by molar-refractivity contribution is -0.147. The largest absolute Gasteiger partial charge is 0.480 e. The maximum Gasteiger partial charge on any atom is 0.326 e. The maximum atomic E-state index is 12.2. The maximum absolute atomic E-state index is 12.2. The van der Waals surface area contributed by atoms with Gasteiger partial charge in [-0.05, 0) is 18.2 Å². The number of hydrogen-bond donors (Lipinski definition) is 2. The van der Waals surface area contributed by atoms with Gasteiger partial charge in [0, 0.05) is 30.1 Å². The van der Waals surface area contributed by atoms with Crippen LogP contribution in [0, 0.1) is 0 Å². The predicted molar refractivity (Wildman–Crippen MR) is 85.0 cm³/mol. The van der Waals surface area contributed by atoms with Gasteiger partial charge >= 0.3 is 5.97 Å². The summed E-state index contributed by atoms with van der Waals surface area (Å²) in [5.74, 6) is -1.91. The Morgan fingerprint density at radius 2 is 2.17 bits per heavy atom. The summed E-state index contributed by atoms with van der Waals surface area (Å²) in [6.07, 6.45) is -0.0576. The predicted octanol–water partition coefficient (Wildman–Crippen LogP) is 0.879. The van der Waals surface area contributed by atoms with Gasteiger partial charge in [-0.15, -0.1) is 0 Å². The molecule has 0 bridgehead atoms. The van der Waals surface area contributed by atoms with Crippen molar-refractivity contribution in [2.45, 2.75) is 18.6 Å². The lowest BCUT2D eigenvalue weighted by Crippen LogP contribution is -2.45. The molecule has 1 aromatic carbocycles. The van der Waals surface area contributed by atoms with Crippen LogP contribution in [0.15, 0.2) is 28.7 Å². The molecule has 23 heavy (non-hydrogen) atoms. The minimum atomic E-state index is -1.07. The van der Waals surface area contributed by atoms with Crippen LogP contribution in [0.1, 0.15) is 16.8 Å². The number of methoxy groups -OCH3 is 1. The summed E-state index contributed by atoms with van der Waals surface area (Å²) in [4.78, 5) is 36.7. The van der Waals surface area contributed by atoms with Crippen LogP contribution in [0.5, 0.6) is 0 Å². The molecule has 1 fully saturated rings. The molecule has 8 heteroatoms. The van der Waals surface area contributed by atoms with Crippen LogP contribution in [-0.2, 0) is 14.3 Å². The molecule has 0 aliphatic carbocycles. The lowest BCUT2D eigenvalue weighted by atomic mass is 10.2. The molecule has 1 saturated heterocycles. The van der Waals surface area contributed by atoms with E-state index in [2.05, 4.69) is 21.2 Å². The van der Waals surface area contributed by atoms with E-state index in [0.29, 0.717) is 5.56 Å². The minimum absolute atomic E-state index is 0.207.